The number of carbonyl (C=O) groups excluding carboxylic acids is 1. The number of Topliss-reactive ketones (excluding diaryl/α,β-unsaturated/α-hetero) is 1. The largest absolute Gasteiger partial charge is 0.379 e. The quantitative estimate of drug-likeness (QED) is 0.840. The van der Waals surface area contributed by atoms with Gasteiger partial charge in [0.15, 0.2) is 5.78 Å². The fraction of sp³-hybridized carbons (Fsp3) is 0.143. The number of benzene rings is 1. The van der Waals surface area contributed by atoms with E-state index in [9.17, 15) is 9.18 Å². The molecule has 2 rings (SSSR count). The Kier molecular flexibility index (Phi) is 3.67. The molecule has 92 valence electrons. The van der Waals surface area contributed by atoms with Crippen LogP contribution < -0.4 is 5.32 Å². The molecule has 1 N–H and O–H groups in total. The van der Waals surface area contributed by atoms with Gasteiger partial charge in [0.05, 0.1) is 5.69 Å². The Balaban J connectivity index is 2.08. The molecule has 4 heteroatoms. The van der Waals surface area contributed by atoms with Gasteiger partial charge >= 0.3 is 0 Å². The number of ketones is 1. The molecule has 0 amide bonds. The maximum absolute atomic E-state index is 13.7. The van der Waals surface area contributed by atoms with E-state index in [0.29, 0.717) is 17.8 Å². The molecule has 0 bridgehead atoms. The van der Waals surface area contributed by atoms with Crippen LogP contribution >= 0.6 is 0 Å². The first-order valence-electron chi connectivity index (χ1n) is 5.60. The van der Waals surface area contributed by atoms with Gasteiger partial charge in [-0.25, -0.2) is 4.39 Å². The van der Waals surface area contributed by atoms with E-state index in [4.69, 9.17) is 0 Å². The lowest BCUT2D eigenvalue weighted by Gasteiger charge is -2.08. The Morgan fingerprint density at radius 1 is 1.39 bits per heavy atom. The molecule has 0 aliphatic heterocycles. The number of halogens is 1. The van der Waals surface area contributed by atoms with Crippen LogP contribution in [0.5, 0.6) is 0 Å². The second kappa shape index (κ2) is 5.40. The summed E-state index contributed by atoms with van der Waals surface area (Å²) in [6.45, 7) is 1.90. The van der Waals surface area contributed by atoms with Crippen molar-refractivity contribution >= 4 is 11.5 Å². The van der Waals surface area contributed by atoms with Crippen molar-refractivity contribution in [3.63, 3.8) is 0 Å². The summed E-state index contributed by atoms with van der Waals surface area (Å²) in [4.78, 5) is 15.1. The number of rotatable bonds is 4. The van der Waals surface area contributed by atoms with Crippen LogP contribution in [-0.4, -0.2) is 10.8 Å². The van der Waals surface area contributed by atoms with Crippen molar-refractivity contribution in [1.29, 1.82) is 0 Å². The molecular formula is C14H13FN2O. The second-order valence-electron chi connectivity index (χ2n) is 3.97. The summed E-state index contributed by atoms with van der Waals surface area (Å²) in [7, 11) is 0. The van der Waals surface area contributed by atoms with Gasteiger partial charge in [-0.2, -0.15) is 0 Å². The van der Waals surface area contributed by atoms with Gasteiger partial charge in [0.25, 0.3) is 0 Å². The van der Waals surface area contributed by atoms with Crippen molar-refractivity contribution < 1.29 is 9.18 Å². The van der Waals surface area contributed by atoms with E-state index in [1.54, 1.807) is 24.5 Å². The van der Waals surface area contributed by atoms with E-state index in [1.165, 1.54) is 13.0 Å². The Labute approximate surface area is 105 Å². The van der Waals surface area contributed by atoms with Gasteiger partial charge in [0.2, 0.25) is 0 Å². The summed E-state index contributed by atoms with van der Waals surface area (Å²) in [5, 5.41) is 2.97. The van der Waals surface area contributed by atoms with Crippen molar-refractivity contribution in [2.24, 2.45) is 0 Å². The van der Waals surface area contributed by atoms with E-state index in [1.807, 2.05) is 12.1 Å². The highest BCUT2D eigenvalue weighted by molar-refractivity contribution is 5.94. The molecule has 0 radical (unpaired) electrons. The zero-order chi connectivity index (χ0) is 13.0. The van der Waals surface area contributed by atoms with Gasteiger partial charge in [0, 0.05) is 24.5 Å². The lowest BCUT2D eigenvalue weighted by Crippen LogP contribution is -2.03. The molecule has 0 spiro atoms. The number of pyridine rings is 1. The van der Waals surface area contributed by atoms with Crippen molar-refractivity contribution in [3.8, 4) is 0 Å². The third-order valence-electron chi connectivity index (χ3n) is 2.58. The Hall–Kier alpha value is -2.23. The van der Waals surface area contributed by atoms with Crippen molar-refractivity contribution in [2.45, 2.75) is 13.5 Å². The molecule has 1 aromatic heterocycles. The van der Waals surface area contributed by atoms with E-state index in [0.717, 1.165) is 5.56 Å². The minimum atomic E-state index is -0.424. The first-order chi connectivity index (χ1) is 8.66. The molecule has 0 aliphatic rings. The molecule has 18 heavy (non-hydrogen) atoms. The van der Waals surface area contributed by atoms with Crippen molar-refractivity contribution in [3.05, 3.63) is 59.7 Å². The summed E-state index contributed by atoms with van der Waals surface area (Å²) in [6, 6.07) is 8.15. The third kappa shape index (κ3) is 2.91. The number of aromatic nitrogens is 1. The zero-order valence-corrected chi connectivity index (χ0v) is 9.98. The van der Waals surface area contributed by atoms with Gasteiger partial charge in [-0.15, -0.1) is 0 Å². The van der Waals surface area contributed by atoms with Crippen LogP contribution in [0.3, 0.4) is 0 Å². The minimum Gasteiger partial charge on any atom is -0.379 e. The molecule has 0 fully saturated rings. The second-order valence-corrected chi connectivity index (χ2v) is 3.97. The Morgan fingerprint density at radius 3 is 2.83 bits per heavy atom. The van der Waals surface area contributed by atoms with Crippen LogP contribution in [0.1, 0.15) is 22.8 Å². The average molecular weight is 244 g/mol. The molecule has 3 nitrogen and oxygen atoms in total. The molecule has 0 saturated carbocycles. The highest BCUT2D eigenvalue weighted by Crippen LogP contribution is 2.17. The predicted octanol–water partition coefficient (Wildman–Crippen LogP) is 3.04. The molecule has 0 unspecified atom stereocenters. The summed E-state index contributed by atoms with van der Waals surface area (Å²) in [5.74, 6) is -0.570. The highest BCUT2D eigenvalue weighted by atomic mass is 19.1. The Morgan fingerprint density at radius 2 is 2.22 bits per heavy atom. The standard InChI is InChI=1S/C14H13FN2O/c1-10(18)12-4-5-14(13(15)7-12)17-9-11-3-2-6-16-8-11/h2-8,17H,9H2,1H3. The first kappa shape index (κ1) is 12.2. The average Bonchev–Trinajstić information content (AvgIpc) is 2.38. The highest BCUT2D eigenvalue weighted by Gasteiger charge is 2.06. The lowest BCUT2D eigenvalue weighted by molar-refractivity contribution is 0.101. The van der Waals surface area contributed by atoms with E-state index >= 15 is 0 Å². The molecule has 1 aromatic carbocycles. The normalized spacial score (nSPS) is 10.1. The number of hydrogen-bond donors (Lipinski definition) is 1. The molecular weight excluding hydrogens is 231 g/mol. The topological polar surface area (TPSA) is 42.0 Å². The van der Waals surface area contributed by atoms with Gasteiger partial charge in [-0.1, -0.05) is 6.07 Å². The first-order valence-corrected chi connectivity index (χ1v) is 5.60. The predicted molar refractivity (Wildman–Crippen MR) is 68.0 cm³/mol. The lowest BCUT2D eigenvalue weighted by atomic mass is 10.1. The monoisotopic (exact) mass is 244 g/mol. The van der Waals surface area contributed by atoms with Crippen LogP contribution in [0.4, 0.5) is 10.1 Å². The third-order valence-corrected chi connectivity index (χ3v) is 2.58. The van der Waals surface area contributed by atoms with Gasteiger partial charge < -0.3 is 5.32 Å². The minimum absolute atomic E-state index is 0.146. The molecule has 0 aliphatic carbocycles. The number of anilines is 1. The smallest absolute Gasteiger partial charge is 0.159 e. The van der Waals surface area contributed by atoms with Gasteiger partial charge in [-0.3, -0.25) is 9.78 Å². The summed E-state index contributed by atoms with van der Waals surface area (Å²) < 4.78 is 13.7. The van der Waals surface area contributed by atoms with Crippen molar-refractivity contribution in [1.82, 2.24) is 4.98 Å². The van der Waals surface area contributed by atoms with E-state index in [-0.39, 0.29) is 5.78 Å². The maximum Gasteiger partial charge on any atom is 0.159 e. The van der Waals surface area contributed by atoms with Crippen LogP contribution in [-0.2, 0) is 6.54 Å². The Bertz CT molecular complexity index is 555. The number of carbonyl (C=O) groups is 1. The van der Waals surface area contributed by atoms with E-state index < -0.39 is 5.82 Å². The van der Waals surface area contributed by atoms with Crippen LogP contribution in [0.15, 0.2) is 42.7 Å². The van der Waals surface area contributed by atoms with Gasteiger partial charge in [-0.05, 0) is 36.8 Å². The maximum atomic E-state index is 13.7. The number of nitrogens with one attached hydrogen (secondary N) is 1. The van der Waals surface area contributed by atoms with E-state index in [2.05, 4.69) is 10.3 Å². The SMILES string of the molecule is CC(=O)c1ccc(NCc2cccnc2)c(F)c1. The number of hydrogen-bond acceptors (Lipinski definition) is 3. The summed E-state index contributed by atoms with van der Waals surface area (Å²) in [6.07, 6.45) is 3.40. The summed E-state index contributed by atoms with van der Waals surface area (Å²) >= 11 is 0. The molecule has 0 atom stereocenters. The molecule has 2 aromatic rings. The fourth-order valence-corrected chi connectivity index (χ4v) is 1.58. The molecule has 1 heterocycles. The van der Waals surface area contributed by atoms with Gasteiger partial charge in [0.1, 0.15) is 5.82 Å². The van der Waals surface area contributed by atoms with Crippen LogP contribution in [0.25, 0.3) is 0 Å². The van der Waals surface area contributed by atoms with Crippen molar-refractivity contribution in [2.75, 3.05) is 5.32 Å². The van der Waals surface area contributed by atoms with Crippen LogP contribution in [0.2, 0.25) is 0 Å². The zero-order valence-electron chi connectivity index (χ0n) is 9.98. The fourth-order valence-electron chi connectivity index (χ4n) is 1.58. The van der Waals surface area contributed by atoms with Crippen LogP contribution in [0, 0.1) is 5.82 Å². The summed E-state index contributed by atoms with van der Waals surface area (Å²) in [5.41, 5.74) is 1.72. The number of nitrogens with zero attached hydrogens (tertiary/aromatic N) is 1. The molecule has 0 saturated heterocycles.